The fraction of sp³-hybridized carbons (Fsp3) is 0.273. The summed E-state index contributed by atoms with van der Waals surface area (Å²) in [6.07, 6.45) is -0.288. The van der Waals surface area contributed by atoms with Gasteiger partial charge in [0.05, 0.1) is 5.56 Å². The summed E-state index contributed by atoms with van der Waals surface area (Å²) in [5, 5.41) is 20.1. The summed E-state index contributed by atoms with van der Waals surface area (Å²) in [7, 11) is 1.46. The van der Waals surface area contributed by atoms with Crippen molar-refractivity contribution in [2.24, 2.45) is 7.05 Å². The van der Waals surface area contributed by atoms with Gasteiger partial charge in [-0.15, -0.1) is 0 Å². The van der Waals surface area contributed by atoms with Crippen molar-refractivity contribution in [1.82, 2.24) is 25.1 Å². The zero-order valence-corrected chi connectivity index (χ0v) is 18.4. The van der Waals surface area contributed by atoms with Crippen molar-refractivity contribution in [2.45, 2.75) is 31.2 Å². The highest BCUT2D eigenvalue weighted by Gasteiger charge is 2.60. The van der Waals surface area contributed by atoms with Crippen molar-refractivity contribution < 1.29 is 27.6 Å². The molecule has 1 aromatic carbocycles. The maximum Gasteiger partial charge on any atom is 0.293 e. The summed E-state index contributed by atoms with van der Waals surface area (Å²) in [4.78, 5) is 42.1. The van der Waals surface area contributed by atoms with E-state index in [0.717, 1.165) is 18.2 Å². The van der Waals surface area contributed by atoms with Gasteiger partial charge in [0.25, 0.3) is 23.5 Å². The molecule has 2 heterocycles. The van der Waals surface area contributed by atoms with Crippen LogP contribution in [0.1, 0.15) is 50.9 Å². The Bertz CT molecular complexity index is 1400. The van der Waals surface area contributed by atoms with E-state index in [0.29, 0.717) is 5.82 Å². The molecule has 10 nitrogen and oxygen atoms in total. The molecule has 0 aliphatic heterocycles. The molecule has 0 unspecified atom stereocenters. The van der Waals surface area contributed by atoms with Gasteiger partial charge >= 0.3 is 0 Å². The van der Waals surface area contributed by atoms with E-state index in [-0.39, 0.29) is 28.3 Å². The molecule has 2 aromatic heterocycles. The van der Waals surface area contributed by atoms with Gasteiger partial charge in [-0.05, 0) is 31.2 Å². The van der Waals surface area contributed by atoms with Gasteiger partial charge in [0.1, 0.15) is 28.9 Å². The minimum Gasteiger partial charge on any atom is -0.346 e. The Labute approximate surface area is 196 Å². The van der Waals surface area contributed by atoms with Crippen molar-refractivity contribution in [3.8, 4) is 6.07 Å². The summed E-state index contributed by atoms with van der Waals surface area (Å²) < 4.78 is 42.2. The van der Waals surface area contributed by atoms with Crippen LogP contribution in [-0.2, 0) is 17.4 Å². The number of amides is 2. The van der Waals surface area contributed by atoms with E-state index < -0.39 is 47.7 Å². The molecule has 1 saturated carbocycles. The molecule has 4 rings (SSSR count). The van der Waals surface area contributed by atoms with Gasteiger partial charge in [-0.2, -0.15) is 10.4 Å². The third-order valence-electron chi connectivity index (χ3n) is 5.55. The molecule has 0 atom stereocenters. The Morgan fingerprint density at radius 2 is 1.94 bits per heavy atom. The molecule has 0 bridgehead atoms. The maximum absolute atomic E-state index is 13.7. The van der Waals surface area contributed by atoms with Crippen molar-refractivity contribution in [2.75, 3.05) is 5.32 Å². The number of anilines is 1. The minimum atomic E-state index is -3.05. The highest BCUT2D eigenvalue weighted by atomic mass is 19.3. The van der Waals surface area contributed by atoms with Crippen LogP contribution in [0.4, 0.5) is 18.9 Å². The number of Topliss-reactive ketones (excluding diaryl/α,β-unsaturated/α-hetero) is 1. The van der Waals surface area contributed by atoms with Gasteiger partial charge in [0.2, 0.25) is 0 Å². The average molecular weight is 485 g/mol. The fourth-order valence-corrected chi connectivity index (χ4v) is 3.89. The Morgan fingerprint density at radius 3 is 2.54 bits per heavy atom. The average Bonchev–Trinajstić information content (AvgIpc) is 3.38. The molecule has 13 heteroatoms. The van der Waals surface area contributed by atoms with Crippen LogP contribution in [0.25, 0.3) is 0 Å². The third kappa shape index (κ3) is 4.50. The number of aromatic amines is 1. The Kier molecular flexibility index (Phi) is 5.68. The zero-order valence-electron chi connectivity index (χ0n) is 18.4. The minimum absolute atomic E-state index is 0.0153. The SMILES string of the molecule is Cc1nc(C2(NC(=O)C(=O)c3cc(C(=O)Nc4ccc(F)c(C#N)c4)n(C)c3)CC(F)(F)C2)n[nH]1. The maximum atomic E-state index is 13.7. The van der Waals surface area contributed by atoms with E-state index in [1.54, 1.807) is 13.0 Å². The summed E-state index contributed by atoms with van der Waals surface area (Å²) >= 11 is 0. The number of nitrogens with zero attached hydrogens (tertiary/aromatic N) is 4. The lowest BCUT2D eigenvalue weighted by Crippen LogP contribution is -2.61. The molecule has 180 valence electrons. The highest BCUT2D eigenvalue weighted by Crippen LogP contribution is 2.50. The number of carbonyl (C=O) groups is 3. The summed E-state index contributed by atoms with van der Waals surface area (Å²) in [5.41, 5.74) is -1.89. The first-order chi connectivity index (χ1) is 16.4. The number of halogens is 3. The lowest BCUT2D eigenvalue weighted by molar-refractivity contribution is -0.149. The number of ketones is 1. The first kappa shape index (κ1) is 23.7. The van der Waals surface area contributed by atoms with Crippen LogP contribution in [0.2, 0.25) is 0 Å². The van der Waals surface area contributed by atoms with Gasteiger partial charge in [-0.25, -0.2) is 18.2 Å². The number of carbonyl (C=O) groups excluding carboxylic acids is 3. The van der Waals surface area contributed by atoms with Crippen LogP contribution in [0.15, 0.2) is 30.5 Å². The summed E-state index contributed by atoms with van der Waals surface area (Å²) in [5.74, 6) is -6.37. The number of alkyl halides is 2. The number of nitrogens with one attached hydrogen (secondary N) is 3. The van der Waals surface area contributed by atoms with Gasteiger partial charge in [-0.1, -0.05) is 0 Å². The monoisotopic (exact) mass is 485 g/mol. The smallest absolute Gasteiger partial charge is 0.293 e. The fourth-order valence-electron chi connectivity index (χ4n) is 3.89. The number of rotatable bonds is 6. The summed E-state index contributed by atoms with van der Waals surface area (Å²) in [6.45, 7) is 1.57. The lowest BCUT2D eigenvalue weighted by atomic mass is 9.72. The van der Waals surface area contributed by atoms with E-state index in [4.69, 9.17) is 5.26 Å². The number of benzene rings is 1. The molecule has 1 aliphatic carbocycles. The number of H-pyrrole nitrogens is 1. The van der Waals surface area contributed by atoms with Gasteiger partial charge in [0, 0.05) is 37.3 Å². The normalized spacial score (nSPS) is 15.5. The molecule has 0 spiro atoms. The molecule has 0 radical (unpaired) electrons. The van der Waals surface area contributed by atoms with Crippen molar-refractivity contribution in [1.29, 1.82) is 5.26 Å². The number of aromatic nitrogens is 4. The first-order valence-corrected chi connectivity index (χ1v) is 10.2. The van der Waals surface area contributed by atoms with Crippen LogP contribution in [-0.4, -0.2) is 43.3 Å². The zero-order chi connectivity index (χ0) is 25.5. The Hall–Kier alpha value is -4.47. The topological polar surface area (TPSA) is 146 Å². The van der Waals surface area contributed by atoms with Crippen molar-refractivity contribution >= 4 is 23.3 Å². The quantitative estimate of drug-likeness (QED) is 0.361. The molecule has 35 heavy (non-hydrogen) atoms. The predicted molar refractivity (Wildman–Crippen MR) is 114 cm³/mol. The largest absolute Gasteiger partial charge is 0.346 e. The first-order valence-electron chi connectivity index (χ1n) is 10.2. The van der Waals surface area contributed by atoms with E-state index in [1.165, 1.54) is 23.9 Å². The van der Waals surface area contributed by atoms with E-state index >= 15 is 0 Å². The second-order valence-electron chi connectivity index (χ2n) is 8.30. The van der Waals surface area contributed by atoms with Gasteiger partial charge < -0.3 is 15.2 Å². The number of hydrogen-bond acceptors (Lipinski definition) is 6. The van der Waals surface area contributed by atoms with E-state index in [9.17, 15) is 27.6 Å². The highest BCUT2D eigenvalue weighted by molar-refractivity contribution is 6.43. The second-order valence-corrected chi connectivity index (χ2v) is 8.30. The summed E-state index contributed by atoms with van der Waals surface area (Å²) in [6, 6.07) is 6.25. The lowest BCUT2D eigenvalue weighted by Gasteiger charge is -2.45. The van der Waals surface area contributed by atoms with Crippen LogP contribution in [0.5, 0.6) is 0 Å². The Balaban J connectivity index is 1.51. The molecule has 3 N–H and O–H groups in total. The number of aryl methyl sites for hydroxylation is 2. The second kappa shape index (κ2) is 8.39. The van der Waals surface area contributed by atoms with Crippen LogP contribution < -0.4 is 10.6 Å². The predicted octanol–water partition coefficient (Wildman–Crippen LogP) is 2.34. The molecule has 1 aliphatic rings. The third-order valence-corrected chi connectivity index (χ3v) is 5.55. The molecule has 1 fully saturated rings. The van der Waals surface area contributed by atoms with Crippen LogP contribution >= 0.6 is 0 Å². The molecule has 3 aromatic rings. The van der Waals surface area contributed by atoms with Crippen LogP contribution in [0.3, 0.4) is 0 Å². The van der Waals surface area contributed by atoms with E-state index in [1.807, 2.05) is 0 Å². The van der Waals surface area contributed by atoms with Gasteiger partial charge in [0.15, 0.2) is 5.82 Å². The molecule has 2 amide bonds. The molecular formula is C22H18F3N7O3. The molecule has 0 saturated heterocycles. The van der Waals surface area contributed by atoms with Crippen molar-refractivity contribution in [3.05, 3.63) is 64.7 Å². The number of hydrogen-bond donors (Lipinski definition) is 3. The molecular weight excluding hydrogens is 467 g/mol. The Morgan fingerprint density at radius 1 is 1.23 bits per heavy atom. The van der Waals surface area contributed by atoms with Gasteiger partial charge in [-0.3, -0.25) is 19.5 Å². The van der Waals surface area contributed by atoms with Crippen LogP contribution in [0, 0.1) is 24.1 Å². The standard InChI is InChI=1S/C22H18F3N7O3/c1-11-27-20(31-30-11)21(9-22(24,25)10-21)29-19(35)17(33)13-6-16(32(2)8-13)18(34)28-14-3-4-15(23)12(5-14)7-26/h3-6,8H,9-10H2,1-2H3,(H,28,34)(H,29,35)(H,27,30,31). The van der Waals surface area contributed by atoms with E-state index in [2.05, 4.69) is 25.8 Å². The van der Waals surface area contributed by atoms with Crippen molar-refractivity contribution in [3.63, 3.8) is 0 Å². The number of nitriles is 1.